The highest BCUT2D eigenvalue weighted by Gasteiger charge is 2.15. The molecule has 1 atom stereocenters. The number of carboxylic acid groups (broad SMARTS) is 1. The smallest absolute Gasteiger partial charge is 0.310 e. The van der Waals surface area contributed by atoms with E-state index in [9.17, 15) is 4.79 Å². The minimum atomic E-state index is -0.784. The molecule has 0 aliphatic rings. The molecule has 16 heavy (non-hydrogen) atoms. The predicted octanol–water partition coefficient (Wildman–Crippen LogP) is 3.34. The molecule has 0 aliphatic carbocycles. The van der Waals surface area contributed by atoms with Crippen molar-refractivity contribution in [3.8, 4) is 0 Å². The fraction of sp³-hybridized carbons (Fsp3) is 0.214. The van der Waals surface area contributed by atoms with Gasteiger partial charge in [0, 0.05) is 0 Å². The van der Waals surface area contributed by atoms with E-state index in [1.54, 1.807) is 6.92 Å². The second kappa shape index (κ2) is 3.97. The molecule has 0 saturated heterocycles. The summed E-state index contributed by atoms with van der Waals surface area (Å²) in [5.74, 6) is -1.25. The second-order valence-corrected chi connectivity index (χ2v) is 4.13. The highest BCUT2D eigenvalue weighted by Crippen LogP contribution is 2.26. The van der Waals surface area contributed by atoms with Gasteiger partial charge in [-0.3, -0.25) is 4.79 Å². The zero-order chi connectivity index (χ0) is 11.7. The van der Waals surface area contributed by atoms with Crippen molar-refractivity contribution in [2.45, 2.75) is 19.8 Å². The number of rotatable bonds is 2. The minimum absolute atomic E-state index is 0.466. The summed E-state index contributed by atoms with van der Waals surface area (Å²) in [4.78, 5) is 11.0. The van der Waals surface area contributed by atoms with E-state index >= 15 is 0 Å². The molecule has 1 unspecified atom stereocenters. The van der Waals surface area contributed by atoms with Crippen molar-refractivity contribution in [2.24, 2.45) is 0 Å². The van der Waals surface area contributed by atoms with Gasteiger partial charge in [0.2, 0.25) is 0 Å². The first-order valence-corrected chi connectivity index (χ1v) is 5.31. The monoisotopic (exact) mass is 214 g/mol. The summed E-state index contributed by atoms with van der Waals surface area (Å²) in [5, 5.41) is 11.2. The third-order valence-electron chi connectivity index (χ3n) is 2.91. The van der Waals surface area contributed by atoms with Crippen LogP contribution in [0.15, 0.2) is 36.4 Å². The second-order valence-electron chi connectivity index (χ2n) is 4.13. The number of hydrogen-bond donors (Lipinski definition) is 1. The van der Waals surface area contributed by atoms with E-state index in [0.29, 0.717) is 0 Å². The lowest BCUT2D eigenvalue weighted by molar-refractivity contribution is -0.138. The van der Waals surface area contributed by atoms with Crippen molar-refractivity contribution in [3.05, 3.63) is 47.5 Å². The van der Waals surface area contributed by atoms with Crippen LogP contribution in [0.4, 0.5) is 0 Å². The first-order chi connectivity index (χ1) is 7.59. The molecule has 1 N–H and O–H groups in total. The normalized spacial score (nSPS) is 12.6. The zero-order valence-corrected chi connectivity index (χ0v) is 9.40. The highest BCUT2D eigenvalue weighted by atomic mass is 16.4. The molecule has 0 aliphatic heterocycles. The van der Waals surface area contributed by atoms with Crippen LogP contribution in [0, 0.1) is 6.92 Å². The fourth-order valence-corrected chi connectivity index (χ4v) is 1.94. The van der Waals surface area contributed by atoms with Crippen LogP contribution in [0.3, 0.4) is 0 Å². The standard InChI is InChI=1S/C14H14O2/c1-9-6-7-13-11(8-9)4-3-5-12(13)10(2)14(15)16/h3-8,10H,1-2H3,(H,15,16). The molecule has 0 saturated carbocycles. The molecule has 0 bridgehead atoms. The summed E-state index contributed by atoms with van der Waals surface area (Å²) >= 11 is 0. The number of fused-ring (bicyclic) bond motifs is 1. The van der Waals surface area contributed by atoms with E-state index in [4.69, 9.17) is 5.11 Å². The zero-order valence-electron chi connectivity index (χ0n) is 9.40. The van der Waals surface area contributed by atoms with E-state index in [2.05, 4.69) is 6.07 Å². The summed E-state index contributed by atoms with van der Waals surface area (Å²) in [6.45, 7) is 3.75. The van der Waals surface area contributed by atoms with Gasteiger partial charge in [-0.2, -0.15) is 0 Å². The van der Waals surface area contributed by atoms with Gasteiger partial charge in [-0.05, 0) is 30.2 Å². The Balaban J connectivity index is 2.66. The Labute approximate surface area is 94.5 Å². The third kappa shape index (κ3) is 1.78. The van der Waals surface area contributed by atoms with Crippen LogP contribution in [0.2, 0.25) is 0 Å². The van der Waals surface area contributed by atoms with E-state index in [-0.39, 0.29) is 0 Å². The van der Waals surface area contributed by atoms with Crippen LogP contribution in [-0.2, 0) is 4.79 Å². The molecule has 0 fully saturated rings. The van der Waals surface area contributed by atoms with Crippen molar-refractivity contribution in [2.75, 3.05) is 0 Å². The Kier molecular flexibility index (Phi) is 2.65. The topological polar surface area (TPSA) is 37.3 Å². The van der Waals surface area contributed by atoms with Crippen molar-refractivity contribution < 1.29 is 9.90 Å². The van der Waals surface area contributed by atoms with Crippen molar-refractivity contribution in [1.82, 2.24) is 0 Å². The Bertz CT molecular complexity index is 543. The third-order valence-corrected chi connectivity index (χ3v) is 2.91. The number of hydrogen-bond acceptors (Lipinski definition) is 1. The van der Waals surface area contributed by atoms with E-state index < -0.39 is 11.9 Å². The van der Waals surface area contributed by atoms with Gasteiger partial charge in [0.15, 0.2) is 0 Å². The predicted molar refractivity (Wildman–Crippen MR) is 64.7 cm³/mol. The number of carbonyl (C=O) groups is 1. The molecular weight excluding hydrogens is 200 g/mol. The first kappa shape index (κ1) is 10.7. The maximum Gasteiger partial charge on any atom is 0.310 e. The van der Waals surface area contributed by atoms with Gasteiger partial charge < -0.3 is 5.11 Å². The molecule has 0 spiro atoms. The average Bonchev–Trinajstić information content (AvgIpc) is 2.26. The molecule has 0 amide bonds. The molecule has 0 heterocycles. The molecule has 2 nitrogen and oxygen atoms in total. The van der Waals surface area contributed by atoms with E-state index in [1.165, 1.54) is 5.56 Å². The Hall–Kier alpha value is -1.83. The summed E-state index contributed by atoms with van der Waals surface area (Å²) in [6, 6.07) is 11.9. The van der Waals surface area contributed by atoms with Crippen molar-refractivity contribution >= 4 is 16.7 Å². The minimum Gasteiger partial charge on any atom is -0.481 e. The van der Waals surface area contributed by atoms with Gasteiger partial charge in [-0.15, -0.1) is 0 Å². The molecule has 2 rings (SSSR count). The first-order valence-electron chi connectivity index (χ1n) is 5.31. The Morgan fingerprint density at radius 2 is 2.00 bits per heavy atom. The molecule has 0 aromatic heterocycles. The molecular formula is C14H14O2. The quantitative estimate of drug-likeness (QED) is 0.832. The Morgan fingerprint density at radius 1 is 1.25 bits per heavy atom. The molecule has 82 valence electrons. The van der Waals surface area contributed by atoms with Crippen LogP contribution in [-0.4, -0.2) is 11.1 Å². The van der Waals surface area contributed by atoms with Crippen LogP contribution in [0.25, 0.3) is 10.8 Å². The van der Waals surface area contributed by atoms with Gasteiger partial charge in [0.05, 0.1) is 5.92 Å². The van der Waals surface area contributed by atoms with Gasteiger partial charge in [0.25, 0.3) is 0 Å². The van der Waals surface area contributed by atoms with Crippen molar-refractivity contribution in [1.29, 1.82) is 0 Å². The van der Waals surface area contributed by atoms with Crippen LogP contribution in [0.1, 0.15) is 24.0 Å². The van der Waals surface area contributed by atoms with Gasteiger partial charge in [-0.1, -0.05) is 42.0 Å². The average molecular weight is 214 g/mol. The van der Waals surface area contributed by atoms with E-state index in [1.807, 2.05) is 37.3 Å². The number of aryl methyl sites for hydroxylation is 1. The maximum absolute atomic E-state index is 11.0. The van der Waals surface area contributed by atoms with Crippen LogP contribution < -0.4 is 0 Å². The molecule has 2 heteroatoms. The number of aliphatic carboxylic acids is 1. The molecule has 2 aromatic rings. The molecule has 0 radical (unpaired) electrons. The highest BCUT2D eigenvalue weighted by molar-refractivity contribution is 5.90. The number of benzene rings is 2. The Morgan fingerprint density at radius 3 is 2.69 bits per heavy atom. The lowest BCUT2D eigenvalue weighted by atomic mass is 9.94. The lowest BCUT2D eigenvalue weighted by Crippen LogP contribution is -2.07. The largest absolute Gasteiger partial charge is 0.481 e. The summed E-state index contributed by atoms with van der Waals surface area (Å²) in [7, 11) is 0. The SMILES string of the molecule is Cc1ccc2c(C(C)C(=O)O)cccc2c1. The summed E-state index contributed by atoms with van der Waals surface area (Å²) < 4.78 is 0. The summed E-state index contributed by atoms with van der Waals surface area (Å²) in [5.41, 5.74) is 2.07. The van der Waals surface area contributed by atoms with Crippen LogP contribution in [0.5, 0.6) is 0 Å². The van der Waals surface area contributed by atoms with Crippen LogP contribution >= 0.6 is 0 Å². The van der Waals surface area contributed by atoms with Gasteiger partial charge >= 0.3 is 5.97 Å². The lowest BCUT2D eigenvalue weighted by Gasteiger charge is -2.10. The fourth-order valence-electron chi connectivity index (χ4n) is 1.94. The summed E-state index contributed by atoms with van der Waals surface area (Å²) in [6.07, 6.45) is 0. The van der Waals surface area contributed by atoms with Gasteiger partial charge in [-0.25, -0.2) is 0 Å². The maximum atomic E-state index is 11.0. The van der Waals surface area contributed by atoms with Crippen molar-refractivity contribution in [3.63, 3.8) is 0 Å². The van der Waals surface area contributed by atoms with E-state index in [0.717, 1.165) is 16.3 Å². The van der Waals surface area contributed by atoms with Gasteiger partial charge in [0.1, 0.15) is 0 Å². The number of carboxylic acids is 1. The molecule has 2 aromatic carbocycles.